The molecule has 0 atom stereocenters. The maximum absolute atomic E-state index is 12.8. The molecule has 4 heterocycles. The second-order valence-corrected chi connectivity index (χ2v) is 7.29. The monoisotopic (exact) mass is 431 g/mol. The summed E-state index contributed by atoms with van der Waals surface area (Å²) in [7, 11) is 1.73. The van der Waals surface area contributed by atoms with Crippen molar-refractivity contribution in [3.8, 4) is 5.82 Å². The van der Waals surface area contributed by atoms with Crippen molar-refractivity contribution < 1.29 is 18.0 Å². The standard InChI is InChI=1S/C20H20F3N7O/c1-28(15-6-10-29(11-7-15)16-4-8-24-9-5-16)19(31)17-13-30(27-26-17)18-3-2-14(12-25-18)20(21,22)23/h2-5,8-9,12-13,15H,6-7,10-11H2,1H3. The molecule has 1 aliphatic heterocycles. The highest BCUT2D eigenvalue weighted by Crippen LogP contribution is 2.28. The Balaban J connectivity index is 1.39. The number of aromatic nitrogens is 5. The Morgan fingerprint density at radius 1 is 1.13 bits per heavy atom. The van der Waals surface area contributed by atoms with Gasteiger partial charge in [0.05, 0.1) is 11.8 Å². The maximum atomic E-state index is 12.8. The van der Waals surface area contributed by atoms with E-state index >= 15 is 0 Å². The zero-order chi connectivity index (χ0) is 22.0. The van der Waals surface area contributed by atoms with Crippen molar-refractivity contribution in [2.45, 2.75) is 25.1 Å². The molecule has 1 saturated heterocycles. The molecule has 0 spiro atoms. The fraction of sp³-hybridized carbons (Fsp3) is 0.350. The molecule has 3 aromatic rings. The van der Waals surface area contributed by atoms with E-state index in [-0.39, 0.29) is 23.5 Å². The summed E-state index contributed by atoms with van der Waals surface area (Å²) in [4.78, 5) is 24.5. The van der Waals surface area contributed by atoms with Crippen LogP contribution in [-0.4, -0.2) is 61.9 Å². The van der Waals surface area contributed by atoms with Crippen LogP contribution in [0.15, 0.2) is 49.1 Å². The number of anilines is 1. The molecule has 0 unspecified atom stereocenters. The average Bonchev–Trinajstić information content (AvgIpc) is 3.29. The number of nitrogens with zero attached hydrogens (tertiary/aromatic N) is 7. The van der Waals surface area contributed by atoms with Gasteiger partial charge in [0, 0.05) is 50.5 Å². The van der Waals surface area contributed by atoms with Crippen molar-refractivity contribution in [1.29, 1.82) is 0 Å². The molecule has 8 nitrogen and oxygen atoms in total. The third-order valence-electron chi connectivity index (χ3n) is 5.38. The third-order valence-corrected chi connectivity index (χ3v) is 5.38. The lowest BCUT2D eigenvalue weighted by atomic mass is 10.0. The van der Waals surface area contributed by atoms with E-state index in [1.165, 1.54) is 16.9 Å². The normalized spacial score (nSPS) is 15.2. The summed E-state index contributed by atoms with van der Waals surface area (Å²) in [6.07, 6.45) is 2.75. The van der Waals surface area contributed by atoms with Crippen molar-refractivity contribution in [2.75, 3.05) is 25.0 Å². The lowest BCUT2D eigenvalue weighted by molar-refractivity contribution is -0.137. The first kappa shape index (κ1) is 20.8. The van der Waals surface area contributed by atoms with Crippen LogP contribution in [0.5, 0.6) is 0 Å². The van der Waals surface area contributed by atoms with Crippen LogP contribution in [0.3, 0.4) is 0 Å². The van der Waals surface area contributed by atoms with Crippen molar-refractivity contribution in [1.82, 2.24) is 29.9 Å². The highest BCUT2D eigenvalue weighted by Gasteiger charge is 2.31. The maximum Gasteiger partial charge on any atom is 0.417 e. The summed E-state index contributed by atoms with van der Waals surface area (Å²) in [6, 6.07) is 6.07. The van der Waals surface area contributed by atoms with E-state index in [9.17, 15) is 18.0 Å². The molecule has 1 fully saturated rings. The molecular formula is C20H20F3N7O. The Labute approximate surface area is 176 Å². The van der Waals surface area contributed by atoms with Crippen LogP contribution in [0.4, 0.5) is 18.9 Å². The fourth-order valence-corrected chi connectivity index (χ4v) is 3.58. The van der Waals surface area contributed by atoms with Crippen LogP contribution in [0, 0.1) is 0 Å². The third kappa shape index (κ3) is 4.49. The number of halogens is 3. The van der Waals surface area contributed by atoms with E-state index in [1.807, 2.05) is 12.1 Å². The van der Waals surface area contributed by atoms with Gasteiger partial charge in [-0.05, 0) is 37.1 Å². The number of carbonyl (C=O) groups excluding carboxylic acids is 1. The van der Waals surface area contributed by atoms with Crippen LogP contribution >= 0.6 is 0 Å². The lowest BCUT2D eigenvalue weighted by Gasteiger charge is -2.37. The van der Waals surface area contributed by atoms with Crippen molar-refractivity contribution >= 4 is 11.6 Å². The SMILES string of the molecule is CN(C(=O)c1cn(-c2ccc(C(F)(F)F)cn2)nn1)C1CCN(c2ccncc2)CC1. The van der Waals surface area contributed by atoms with E-state index in [2.05, 4.69) is 25.2 Å². The summed E-state index contributed by atoms with van der Waals surface area (Å²) in [6.45, 7) is 1.63. The summed E-state index contributed by atoms with van der Waals surface area (Å²) < 4.78 is 39.3. The van der Waals surface area contributed by atoms with E-state index in [1.54, 1.807) is 24.3 Å². The van der Waals surface area contributed by atoms with Gasteiger partial charge in [0.1, 0.15) is 0 Å². The Morgan fingerprint density at radius 2 is 1.84 bits per heavy atom. The highest BCUT2D eigenvalue weighted by molar-refractivity contribution is 5.92. The Morgan fingerprint density at radius 3 is 2.45 bits per heavy atom. The molecule has 0 radical (unpaired) electrons. The van der Waals surface area contributed by atoms with E-state index in [0.717, 1.165) is 43.9 Å². The van der Waals surface area contributed by atoms with Crippen LogP contribution in [0.2, 0.25) is 0 Å². The number of carbonyl (C=O) groups is 1. The molecule has 0 saturated carbocycles. The van der Waals surface area contributed by atoms with Crippen molar-refractivity contribution in [3.63, 3.8) is 0 Å². The zero-order valence-electron chi connectivity index (χ0n) is 16.7. The van der Waals surface area contributed by atoms with E-state index in [4.69, 9.17) is 0 Å². The number of pyridine rings is 2. The number of amides is 1. The van der Waals surface area contributed by atoms with Gasteiger partial charge in [0.2, 0.25) is 0 Å². The van der Waals surface area contributed by atoms with Crippen LogP contribution in [0.25, 0.3) is 5.82 Å². The van der Waals surface area contributed by atoms with Gasteiger partial charge in [-0.2, -0.15) is 13.2 Å². The van der Waals surface area contributed by atoms with Gasteiger partial charge in [-0.1, -0.05) is 5.21 Å². The molecule has 4 rings (SSSR count). The highest BCUT2D eigenvalue weighted by atomic mass is 19.4. The molecule has 0 aromatic carbocycles. The van der Waals surface area contributed by atoms with Crippen LogP contribution < -0.4 is 4.90 Å². The molecule has 0 aliphatic carbocycles. The van der Waals surface area contributed by atoms with Crippen molar-refractivity contribution in [3.05, 3.63) is 60.3 Å². The quantitative estimate of drug-likeness (QED) is 0.632. The molecule has 0 bridgehead atoms. The van der Waals surface area contributed by atoms with Gasteiger partial charge in [-0.25, -0.2) is 9.67 Å². The number of rotatable bonds is 4. The second-order valence-electron chi connectivity index (χ2n) is 7.29. The Bertz CT molecular complexity index is 1030. The molecule has 0 N–H and O–H groups in total. The van der Waals surface area contributed by atoms with Crippen molar-refractivity contribution in [2.24, 2.45) is 0 Å². The molecule has 3 aromatic heterocycles. The fourth-order valence-electron chi connectivity index (χ4n) is 3.58. The summed E-state index contributed by atoms with van der Waals surface area (Å²) in [5, 5.41) is 7.72. The van der Waals surface area contributed by atoms with Crippen LogP contribution in [0.1, 0.15) is 28.9 Å². The number of hydrogen-bond acceptors (Lipinski definition) is 6. The van der Waals surface area contributed by atoms with Gasteiger partial charge in [0.25, 0.3) is 5.91 Å². The summed E-state index contributed by atoms with van der Waals surface area (Å²) >= 11 is 0. The second kappa shape index (κ2) is 8.32. The first-order valence-corrected chi connectivity index (χ1v) is 9.71. The topological polar surface area (TPSA) is 80.0 Å². The molecule has 162 valence electrons. The minimum atomic E-state index is -4.47. The summed E-state index contributed by atoms with van der Waals surface area (Å²) in [5.41, 5.74) is 0.362. The molecule has 11 heteroatoms. The van der Waals surface area contributed by atoms with E-state index in [0.29, 0.717) is 0 Å². The predicted octanol–water partition coefficient (Wildman–Crippen LogP) is 2.82. The first-order chi connectivity index (χ1) is 14.8. The number of alkyl halides is 3. The Kier molecular flexibility index (Phi) is 5.57. The number of hydrogen-bond donors (Lipinski definition) is 0. The predicted molar refractivity (Wildman–Crippen MR) is 106 cm³/mol. The summed E-state index contributed by atoms with van der Waals surface area (Å²) in [5.74, 6) is -0.145. The zero-order valence-corrected chi connectivity index (χ0v) is 16.7. The first-order valence-electron chi connectivity index (χ1n) is 9.71. The molecule has 1 amide bonds. The number of piperidine rings is 1. The van der Waals surface area contributed by atoms with Crippen LogP contribution in [-0.2, 0) is 6.18 Å². The molecule has 31 heavy (non-hydrogen) atoms. The Hall–Kier alpha value is -3.50. The van der Waals surface area contributed by atoms with Gasteiger partial charge in [-0.15, -0.1) is 5.10 Å². The van der Waals surface area contributed by atoms with Gasteiger partial charge < -0.3 is 9.80 Å². The minimum Gasteiger partial charge on any atom is -0.371 e. The van der Waals surface area contributed by atoms with Gasteiger partial charge >= 0.3 is 6.18 Å². The average molecular weight is 431 g/mol. The lowest BCUT2D eigenvalue weighted by Crippen LogP contribution is -2.45. The van der Waals surface area contributed by atoms with Gasteiger partial charge in [0.15, 0.2) is 11.5 Å². The minimum absolute atomic E-state index is 0.0555. The molecular weight excluding hydrogens is 411 g/mol. The largest absolute Gasteiger partial charge is 0.417 e. The molecule has 1 aliphatic rings. The van der Waals surface area contributed by atoms with Gasteiger partial charge in [-0.3, -0.25) is 9.78 Å². The smallest absolute Gasteiger partial charge is 0.371 e. The van der Waals surface area contributed by atoms with E-state index < -0.39 is 11.7 Å².